The number of rotatable bonds is 5. The third-order valence-electron chi connectivity index (χ3n) is 2.58. The van der Waals surface area contributed by atoms with Gasteiger partial charge < -0.3 is 9.84 Å². The summed E-state index contributed by atoms with van der Waals surface area (Å²) >= 11 is 3.30. The van der Waals surface area contributed by atoms with Gasteiger partial charge in [0.05, 0.1) is 12.8 Å². The highest BCUT2D eigenvalue weighted by molar-refractivity contribution is 9.10. The van der Waals surface area contributed by atoms with E-state index in [1.54, 1.807) is 23.0 Å². The van der Waals surface area contributed by atoms with E-state index >= 15 is 0 Å². The fourth-order valence-electron chi connectivity index (χ4n) is 1.67. The van der Waals surface area contributed by atoms with Crippen LogP contribution in [0.3, 0.4) is 0 Å². The predicted molar refractivity (Wildman–Crippen MR) is 73.5 cm³/mol. The molecule has 0 spiro atoms. The average molecular weight is 325 g/mol. The van der Waals surface area contributed by atoms with Gasteiger partial charge in [-0.2, -0.15) is 5.10 Å². The van der Waals surface area contributed by atoms with Crippen molar-refractivity contribution in [3.63, 3.8) is 0 Å². The van der Waals surface area contributed by atoms with Gasteiger partial charge in [-0.25, -0.2) is 4.79 Å². The molecule has 0 saturated carbocycles. The third-order valence-corrected chi connectivity index (χ3v) is 3.07. The molecule has 0 saturated heterocycles. The summed E-state index contributed by atoms with van der Waals surface area (Å²) in [5, 5.41) is 13.1. The number of aromatic carboxylic acids is 1. The quantitative estimate of drug-likeness (QED) is 0.917. The molecule has 0 fully saturated rings. The number of carbonyl (C=O) groups is 1. The van der Waals surface area contributed by atoms with E-state index in [0.717, 1.165) is 10.0 Å². The lowest BCUT2D eigenvalue weighted by molar-refractivity contribution is 0.0692. The Bertz CT molecular complexity index is 595. The van der Waals surface area contributed by atoms with Crippen molar-refractivity contribution in [3.05, 3.63) is 46.2 Å². The first kappa shape index (κ1) is 13.6. The first-order valence-electron chi connectivity index (χ1n) is 5.69. The van der Waals surface area contributed by atoms with Crippen molar-refractivity contribution >= 4 is 21.9 Å². The largest absolute Gasteiger partial charge is 0.492 e. The molecule has 1 aromatic heterocycles. The number of benzene rings is 1. The maximum Gasteiger partial charge on any atom is 0.339 e. The summed E-state index contributed by atoms with van der Waals surface area (Å²) < 4.78 is 8.05. The number of carboxylic acid groups (broad SMARTS) is 1. The molecule has 2 aromatic rings. The average Bonchev–Trinajstić information content (AvgIpc) is 2.75. The minimum absolute atomic E-state index is 0.161. The molecule has 0 amide bonds. The lowest BCUT2D eigenvalue weighted by atomic mass is 10.2. The van der Waals surface area contributed by atoms with Crippen molar-refractivity contribution in [1.29, 1.82) is 0 Å². The number of ether oxygens (including phenoxy) is 1. The van der Waals surface area contributed by atoms with Crippen LogP contribution >= 0.6 is 15.9 Å². The SMILES string of the molecule is Cn1cc(CCOc2cc(Br)ccc2C(=O)O)cn1. The highest BCUT2D eigenvalue weighted by Crippen LogP contribution is 2.24. The number of aromatic nitrogens is 2. The number of aryl methyl sites for hydroxylation is 1. The molecule has 0 bridgehead atoms. The third kappa shape index (κ3) is 3.57. The van der Waals surface area contributed by atoms with Crippen LogP contribution in [0.15, 0.2) is 35.1 Å². The Morgan fingerprint density at radius 2 is 2.32 bits per heavy atom. The monoisotopic (exact) mass is 324 g/mol. The van der Waals surface area contributed by atoms with Crippen LogP contribution in [0.25, 0.3) is 0 Å². The van der Waals surface area contributed by atoms with Crippen LogP contribution in [0, 0.1) is 0 Å². The molecule has 0 unspecified atom stereocenters. The Labute approximate surface area is 118 Å². The number of hydrogen-bond donors (Lipinski definition) is 1. The summed E-state index contributed by atoms with van der Waals surface area (Å²) in [5.74, 6) is -0.630. The highest BCUT2D eigenvalue weighted by atomic mass is 79.9. The molecule has 0 aliphatic carbocycles. The molecule has 6 heteroatoms. The minimum atomic E-state index is -0.996. The minimum Gasteiger partial charge on any atom is -0.492 e. The van der Waals surface area contributed by atoms with E-state index in [1.165, 1.54) is 6.07 Å². The summed E-state index contributed by atoms with van der Waals surface area (Å²) in [5.41, 5.74) is 1.21. The van der Waals surface area contributed by atoms with E-state index in [2.05, 4.69) is 21.0 Å². The Balaban J connectivity index is 2.02. The molecule has 1 aromatic carbocycles. The second kappa shape index (κ2) is 5.88. The van der Waals surface area contributed by atoms with Gasteiger partial charge in [0, 0.05) is 24.1 Å². The Morgan fingerprint density at radius 3 is 2.95 bits per heavy atom. The lowest BCUT2D eigenvalue weighted by Gasteiger charge is -2.09. The van der Waals surface area contributed by atoms with E-state index in [0.29, 0.717) is 18.8 Å². The van der Waals surface area contributed by atoms with Gasteiger partial charge in [0.15, 0.2) is 0 Å². The number of nitrogens with zero attached hydrogens (tertiary/aromatic N) is 2. The second-order valence-corrected chi connectivity index (χ2v) is 4.98. The number of halogens is 1. The van der Waals surface area contributed by atoms with Gasteiger partial charge in [-0.3, -0.25) is 4.68 Å². The van der Waals surface area contributed by atoms with Gasteiger partial charge in [-0.1, -0.05) is 15.9 Å². The Kier molecular flexibility index (Phi) is 4.21. The van der Waals surface area contributed by atoms with Crippen molar-refractivity contribution in [2.24, 2.45) is 7.05 Å². The summed E-state index contributed by atoms with van der Waals surface area (Å²) in [4.78, 5) is 11.1. The van der Waals surface area contributed by atoms with Gasteiger partial charge >= 0.3 is 5.97 Å². The summed E-state index contributed by atoms with van der Waals surface area (Å²) in [6.07, 6.45) is 4.35. The highest BCUT2D eigenvalue weighted by Gasteiger charge is 2.11. The van der Waals surface area contributed by atoms with E-state index in [4.69, 9.17) is 9.84 Å². The molecule has 1 heterocycles. The normalized spacial score (nSPS) is 10.4. The van der Waals surface area contributed by atoms with Crippen molar-refractivity contribution in [2.75, 3.05) is 6.61 Å². The fraction of sp³-hybridized carbons (Fsp3) is 0.231. The molecule has 5 nitrogen and oxygen atoms in total. The molecule has 0 atom stereocenters. The maximum atomic E-state index is 11.1. The summed E-state index contributed by atoms with van der Waals surface area (Å²) in [6, 6.07) is 4.86. The van der Waals surface area contributed by atoms with Crippen LogP contribution in [0.1, 0.15) is 15.9 Å². The van der Waals surface area contributed by atoms with E-state index in [1.807, 2.05) is 13.2 Å². The van der Waals surface area contributed by atoms with Gasteiger partial charge in [0.1, 0.15) is 11.3 Å². The van der Waals surface area contributed by atoms with Gasteiger partial charge in [0.25, 0.3) is 0 Å². The first-order chi connectivity index (χ1) is 9.06. The zero-order valence-corrected chi connectivity index (χ0v) is 11.9. The molecule has 19 heavy (non-hydrogen) atoms. The van der Waals surface area contributed by atoms with E-state index < -0.39 is 5.97 Å². The van der Waals surface area contributed by atoms with Gasteiger partial charge in [-0.05, 0) is 23.8 Å². The first-order valence-corrected chi connectivity index (χ1v) is 6.49. The van der Waals surface area contributed by atoms with Crippen LogP contribution < -0.4 is 4.74 Å². The molecule has 0 aliphatic heterocycles. The fourth-order valence-corrected chi connectivity index (χ4v) is 2.01. The van der Waals surface area contributed by atoms with Gasteiger partial charge in [0.2, 0.25) is 0 Å². The van der Waals surface area contributed by atoms with Crippen molar-refractivity contribution in [1.82, 2.24) is 9.78 Å². The zero-order chi connectivity index (χ0) is 13.8. The number of hydrogen-bond acceptors (Lipinski definition) is 3. The molecule has 0 radical (unpaired) electrons. The summed E-state index contributed by atoms with van der Waals surface area (Å²) in [7, 11) is 1.85. The standard InChI is InChI=1S/C13H13BrN2O3/c1-16-8-9(7-15-16)4-5-19-12-6-10(14)2-3-11(12)13(17)18/h2-3,6-8H,4-5H2,1H3,(H,17,18). The van der Waals surface area contributed by atoms with Crippen LogP contribution in [0.2, 0.25) is 0 Å². The topological polar surface area (TPSA) is 64.3 Å². The zero-order valence-electron chi connectivity index (χ0n) is 10.3. The van der Waals surface area contributed by atoms with Crippen molar-refractivity contribution in [2.45, 2.75) is 6.42 Å². The Hall–Kier alpha value is -1.82. The summed E-state index contributed by atoms with van der Waals surface area (Å²) in [6.45, 7) is 0.405. The molecular weight excluding hydrogens is 312 g/mol. The molecular formula is C13H13BrN2O3. The maximum absolute atomic E-state index is 11.1. The molecule has 100 valence electrons. The van der Waals surface area contributed by atoms with Crippen LogP contribution in [-0.4, -0.2) is 27.5 Å². The molecule has 2 rings (SSSR count). The van der Waals surface area contributed by atoms with E-state index in [-0.39, 0.29) is 5.56 Å². The van der Waals surface area contributed by atoms with Crippen LogP contribution in [0.5, 0.6) is 5.75 Å². The Morgan fingerprint density at radius 1 is 1.53 bits per heavy atom. The van der Waals surface area contributed by atoms with Crippen LogP contribution in [-0.2, 0) is 13.5 Å². The van der Waals surface area contributed by atoms with Crippen molar-refractivity contribution < 1.29 is 14.6 Å². The second-order valence-electron chi connectivity index (χ2n) is 4.07. The lowest BCUT2D eigenvalue weighted by Crippen LogP contribution is -2.06. The number of carboxylic acids is 1. The molecule has 0 aliphatic rings. The van der Waals surface area contributed by atoms with Crippen molar-refractivity contribution in [3.8, 4) is 5.75 Å². The smallest absolute Gasteiger partial charge is 0.339 e. The van der Waals surface area contributed by atoms with Crippen LogP contribution in [0.4, 0.5) is 0 Å². The van der Waals surface area contributed by atoms with E-state index in [9.17, 15) is 4.79 Å². The predicted octanol–water partition coefficient (Wildman–Crippen LogP) is 2.50. The molecule has 1 N–H and O–H groups in total. The van der Waals surface area contributed by atoms with Gasteiger partial charge in [-0.15, -0.1) is 0 Å².